The van der Waals surface area contributed by atoms with Gasteiger partial charge in [-0.2, -0.15) is 0 Å². The average Bonchev–Trinajstić information content (AvgIpc) is 3.10. The Morgan fingerprint density at radius 1 is 1.27 bits per heavy atom. The standard InChI is InChI=1S/C17H31N3O2/c1-12(2)9-16(20-5-7-22-8-6-20)17(21)19-15-4-3-13-10-18-11-14(13)15/h12-16,18H,3-11H2,1-2H3,(H,19,21)/t13-,14+,15+,16?/m0/s1. The Balaban J connectivity index is 1.61. The molecule has 0 radical (unpaired) electrons. The highest BCUT2D eigenvalue weighted by Crippen LogP contribution is 2.34. The number of carbonyl (C=O) groups excluding carboxylic acids is 1. The Morgan fingerprint density at radius 2 is 2.05 bits per heavy atom. The van der Waals surface area contributed by atoms with Gasteiger partial charge in [0, 0.05) is 25.7 Å². The van der Waals surface area contributed by atoms with Crippen molar-refractivity contribution in [1.29, 1.82) is 0 Å². The molecule has 126 valence electrons. The van der Waals surface area contributed by atoms with E-state index in [4.69, 9.17) is 4.74 Å². The van der Waals surface area contributed by atoms with Crippen molar-refractivity contribution in [3.63, 3.8) is 0 Å². The molecule has 3 rings (SSSR count). The molecule has 3 aliphatic rings. The molecule has 3 fully saturated rings. The summed E-state index contributed by atoms with van der Waals surface area (Å²) in [4.78, 5) is 15.2. The van der Waals surface area contributed by atoms with Crippen molar-refractivity contribution >= 4 is 5.91 Å². The lowest BCUT2D eigenvalue weighted by Crippen LogP contribution is -2.54. The first-order valence-electron chi connectivity index (χ1n) is 8.98. The van der Waals surface area contributed by atoms with Gasteiger partial charge in [-0.25, -0.2) is 0 Å². The Kier molecular flexibility index (Phi) is 5.37. The maximum atomic E-state index is 12.9. The van der Waals surface area contributed by atoms with E-state index in [1.54, 1.807) is 0 Å². The number of amides is 1. The van der Waals surface area contributed by atoms with Crippen LogP contribution in [0.3, 0.4) is 0 Å². The summed E-state index contributed by atoms with van der Waals surface area (Å²) >= 11 is 0. The van der Waals surface area contributed by atoms with Crippen LogP contribution in [0.5, 0.6) is 0 Å². The van der Waals surface area contributed by atoms with Gasteiger partial charge in [0.25, 0.3) is 0 Å². The minimum absolute atomic E-state index is 0.0114. The molecule has 0 spiro atoms. The Labute approximate surface area is 134 Å². The van der Waals surface area contributed by atoms with Crippen LogP contribution < -0.4 is 10.6 Å². The third-order valence-electron chi connectivity index (χ3n) is 5.57. The highest BCUT2D eigenvalue weighted by atomic mass is 16.5. The molecule has 2 heterocycles. The number of rotatable bonds is 5. The molecule has 0 aromatic carbocycles. The van der Waals surface area contributed by atoms with E-state index in [-0.39, 0.29) is 11.9 Å². The van der Waals surface area contributed by atoms with Crippen LogP contribution in [0, 0.1) is 17.8 Å². The molecule has 4 atom stereocenters. The summed E-state index contributed by atoms with van der Waals surface area (Å²) in [6, 6.07) is 0.389. The summed E-state index contributed by atoms with van der Waals surface area (Å²) in [7, 11) is 0. The van der Waals surface area contributed by atoms with Gasteiger partial charge >= 0.3 is 0 Å². The molecule has 1 aliphatic carbocycles. The van der Waals surface area contributed by atoms with Gasteiger partial charge < -0.3 is 15.4 Å². The van der Waals surface area contributed by atoms with E-state index in [9.17, 15) is 4.79 Å². The summed E-state index contributed by atoms with van der Waals surface area (Å²) in [5.41, 5.74) is 0. The van der Waals surface area contributed by atoms with Crippen molar-refractivity contribution in [3.8, 4) is 0 Å². The summed E-state index contributed by atoms with van der Waals surface area (Å²) in [5, 5.41) is 6.87. The third kappa shape index (κ3) is 3.63. The molecule has 5 nitrogen and oxygen atoms in total. The zero-order chi connectivity index (χ0) is 15.5. The molecule has 1 unspecified atom stereocenters. The second kappa shape index (κ2) is 7.28. The van der Waals surface area contributed by atoms with Crippen molar-refractivity contribution in [2.75, 3.05) is 39.4 Å². The Morgan fingerprint density at radius 3 is 2.77 bits per heavy atom. The summed E-state index contributed by atoms with van der Waals surface area (Å²) < 4.78 is 5.44. The zero-order valence-corrected chi connectivity index (χ0v) is 14.0. The van der Waals surface area contributed by atoms with Crippen molar-refractivity contribution in [3.05, 3.63) is 0 Å². The number of hydrogen-bond donors (Lipinski definition) is 2. The van der Waals surface area contributed by atoms with E-state index in [1.165, 1.54) is 6.42 Å². The number of carbonyl (C=O) groups is 1. The molecule has 0 aromatic rings. The molecule has 5 heteroatoms. The quantitative estimate of drug-likeness (QED) is 0.790. The molecular formula is C17H31N3O2. The van der Waals surface area contributed by atoms with Gasteiger partial charge in [0.15, 0.2) is 0 Å². The molecule has 2 N–H and O–H groups in total. The molecule has 2 saturated heterocycles. The van der Waals surface area contributed by atoms with E-state index < -0.39 is 0 Å². The molecular weight excluding hydrogens is 278 g/mol. The monoisotopic (exact) mass is 309 g/mol. The largest absolute Gasteiger partial charge is 0.379 e. The molecule has 1 amide bonds. The van der Waals surface area contributed by atoms with Gasteiger partial charge in [-0.1, -0.05) is 13.8 Å². The highest BCUT2D eigenvalue weighted by molar-refractivity contribution is 5.82. The van der Waals surface area contributed by atoms with Crippen LogP contribution in [0.15, 0.2) is 0 Å². The SMILES string of the molecule is CC(C)CC(C(=O)N[C@@H]1CC[C@H]2CNC[C@H]21)N1CCOCC1. The van der Waals surface area contributed by atoms with E-state index in [1.807, 2.05) is 0 Å². The number of nitrogens with zero attached hydrogens (tertiary/aromatic N) is 1. The predicted octanol–water partition coefficient (Wildman–Crippen LogP) is 0.848. The van der Waals surface area contributed by atoms with E-state index in [0.717, 1.165) is 58.2 Å². The number of nitrogens with one attached hydrogen (secondary N) is 2. The van der Waals surface area contributed by atoms with Crippen LogP contribution in [0.25, 0.3) is 0 Å². The van der Waals surface area contributed by atoms with Gasteiger partial charge in [0.1, 0.15) is 0 Å². The number of hydrogen-bond acceptors (Lipinski definition) is 4. The van der Waals surface area contributed by atoms with Crippen LogP contribution in [0.4, 0.5) is 0 Å². The van der Waals surface area contributed by atoms with E-state index >= 15 is 0 Å². The Bertz CT molecular complexity index is 382. The van der Waals surface area contributed by atoms with Gasteiger partial charge in [0.2, 0.25) is 5.91 Å². The molecule has 0 bridgehead atoms. The van der Waals surface area contributed by atoms with E-state index in [2.05, 4.69) is 29.4 Å². The molecule has 1 saturated carbocycles. The first-order chi connectivity index (χ1) is 10.6. The lowest BCUT2D eigenvalue weighted by Gasteiger charge is -2.35. The van der Waals surface area contributed by atoms with Crippen LogP contribution in [-0.2, 0) is 9.53 Å². The van der Waals surface area contributed by atoms with Crippen LogP contribution >= 0.6 is 0 Å². The van der Waals surface area contributed by atoms with Gasteiger partial charge in [-0.3, -0.25) is 9.69 Å². The smallest absolute Gasteiger partial charge is 0.237 e. The van der Waals surface area contributed by atoms with Crippen LogP contribution in [-0.4, -0.2) is 62.3 Å². The fourth-order valence-corrected chi connectivity index (χ4v) is 4.36. The second-order valence-electron chi connectivity index (χ2n) is 7.57. The van der Waals surface area contributed by atoms with Crippen molar-refractivity contribution < 1.29 is 9.53 Å². The first-order valence-corrected chi connectivity index (χ1v) is 8.98. The minimum Gasteiger partial charge on any atom is -0.379 e. The normalized spacial score (nSPS) is 33.9. The second-order valence-corrected chi connectivity index (χ2v) is 7.57. The summed E-state index contributed by atoms with van der Waals surface area (Å²) in [6.45, 7) is 9.87. The number of fused-ring (bicyclic) bond motifs is 1. The number of morpholine rings is 1. The van der Waals surface area contributed by atoms with Crippen LogP contribution in [0.2, 0.25) is 0 Å². The zero-order valence-electron chi connectivity index (χ0n) is 14.0. The summed E-state index contributed by atoms with van der Waals surface area (Å²) in [6.07, 6.45) is 3.35. The van der Waals surface area contributed by atoms with E-state index in [0.29, 0.717) is 17.9 Å². The molecule has 22 heavy (non-hydrogen) atoms. The lowest BCUT2D eigenvalue weighted by atomic mass is 9.96. The topological polar surface area (TPSA) is 53.6 Å². The predicted molar refractivity (Wildman–Crippen MR) is 86.6 cm³/mol. The van der Waals surface area contributed by atoms with Gasteiger partial charge in [0.05, 0.1) is 19.3 Å². The summed E-state index contributed by atoms with van der Waals surface area (Å²) in [5.74, 6) is 2.20. The molecule has 0 aromatic heterocycles. The fourth-order valence-electron chi connectivity index (χ4n) is 4.36. The maximum absolute atomic E-state index is 12.9. The maximum Gasteiger partial charge on any atom is 0.237 e. The fraction of sp³-hybridized carbons (Fsp3) is 0.941. The van der Waals surface area contributed by atoms with Gasteiger partial charge in [-0.15, -0.1) is 0 Å². The van der Waals surface area contributed by atoms with Crippen molar-refractivity contribution in [2.24, 2.45) is 17.8 Å². The lowest BCUT2D eigenvalue weighted by molar-refractivity contribution is -0.129. The average molecular weight is 309 g/mol. The third-order valence-corrected chi connectivity index (χ3v) is 5.57. The van der Waals surface area contributed by atoms with Crippen LogP contribution in [0.1, 0.15) is 33.1 Å². The first kappa shape index (κ1) is 16.2. The Hall–Kier alpha value is -0.650. The minimum atomic E-state index is 0.0114. The van der Waals surface area contributed by atoms with Gasteiger partial charge in [-0.05, 0) is 43.6 Å². The molecule has 2 aliphatic heterocycles. The van der Waals surface area contributed by atoms with Crippen molar-refractivity contribution in [1.82, 2.24) is 15.5 Å². The highest BCUT2D eigenvalue weighted by Gasteiger charge is 2.41. The van der Waals surface area contributed by atoms with Crippen molar-refractivity contribution in [2.45, 2.75) is 45.2 Å². The number of ether oxygens (including phenoxy) is 1.